The smallest absolute Gasteiger partial charge is 0.290 e. The minimum atomic E-state index is -0.280. The van der Waals surface area contributed by atoms with E-state index in [-0.39, 0.29) is 11.7 Å². The summed E-state index contributed by atoms with van der Waals surface area (Å²) in [5.74, 6) is 0.638. The maximum atomic E-state index is 12.5. The first kappa shape index (κ1) is 18.1. The van der Waals surface area contributed by atoms with Crippen LogP contribution in [0.4, 0.5) is 5.69 Å². The molecule has 6 nitrogen and oxygen atoms in total. The number of carbonyl (C=O) groups is 1. The number of anilines is 1. The lowest BCUT2D eigenvalue weighted by molar-refractivity contribution is 0.0914. The van der Waals surface area contributed by atoms with Gasteiger partial charge in [-0.3, -0.25) is 4.79 Å². The predicted molar refractivity (Wildman–Crippen MR) is 108 cm³/mol. The van der Waals surface area contributed by atoms with Crippen molar-refractivity contribution in [3.63, 3.8) is 0 Å². The molecule has 144 valence electrons. The molecule has 4 rings (SSSR count). The third kappa shape index (κ3) is 3.86. The van der Waals surface area contributed by atoms with Gasteiger partial charge in [0.05, 0.1) is 7.11 Å². The zero-order chi connectivity index (χ0) is 19.3. The quantitative estimate of drug-likeness (QED) is 0.706. The van der Waals surface area contributed by atoms with Crippen molar-refractivity contribution in [2.75, 3.05) is 25.1 Å². The van der Waals surface area contributed by atoms with E-state index in [0.717, 1.165) is 30.0 Å². The number of para-hydroxylation sites is 1. The van der Waals surface area contributed by atoms with Crippen molar-refractivity contribution in [2.24, 2.45) is 0 Å². The van der Waals surface area contributed by atoms with Crippen molar-refractivity contribution in [2.45, 2.75) is 19.4 Å². The molecular formula is C22H23N3O3. The predicted octanol–water partition coefficient (Wildman–Crippen LogP) is 3.88. The first-order valence-electron chi connectivity index (χ1n) is 9.47. The average Bonchev–Trinajstić information content (AvgIpc) is 3.44. The number of ether oxygens (including phenoxy) is 1. The highest BCUT2D eigenvalue weighted by Gasteiger charge is 2.17. The van der Waals surface area contributed by atoms with Crippen molar-refractivity contribution in [3.8, 4) is 17.0 Å². The number of hydrogen-bond acceptors (Lipinski definition) is 5. The van der Waals surface area contributed by atoms with Gasteiger partial charge >= 0.3 is 0 Å². The molecule has 0 unspecified atom stereocenters. The second-order valence-electron chi connectivity index (χ2n) is 6.81. The summed E-state index contributed by atoms with van der Waals surface area (Å²) in [7, 11) is 1.61. The topological polar surface area (TPSA) is 67.6 Å². The number of methoxy groups -OCH3 is 1. The number of rotatable bonds is 6. The van der Waals surface area contributed by atoms with E-state index in [1.165, 1.54) is 18.5 Å². The Morgan fingerprint density at radius 1 is 1.14 bits per heavy atom. The van der Waals surface area contributed by atoms with Gasteiger partial charge in [-0.1, -0.05) is 35.5 Å². The summed E-state index contributed by atoms with van der Waals surface area (Å²) >= 11 is 0. The molecule has 1 aliphatic heterocycles. The Balaban J connectivity index is 1.44. The van der Waals surface area contributed by atoms with E-state index in [1.54, 1.807) is 13.2 Å². The molecular weight excluding hydrogens is 354 g/mol. The maximum Gasteiger partial charge on any atom is 0.290 e. The number of benzene rings is 2. The standard InChI is InChI=1S/C22H23N3O3/c1-27-18-9-6-8-16(13-18)19-14-21(28-24-19)22(26)23-15-17-7-2-3-10-20(17)25-11-4-5-12-25/h2-3,6-10,13-14H,4-5,11-12,15H2,1H3,(H,23,26). The minimum Gasteiger partial charge on any atom is -0.497 e. The van der Waals surface area contributed by atoms with Gasteiger partial charge in [-0.2, -0.15) is 0 Å². The van der Waals surface area contributed by atoms with Crippen LogP contribution in [0.1, 0.15) is 29.0 Å². The summed E-state index contributed by atoms with van der Waals surface area (Å²) in [5, 5.41) is 6.96. The van der Waals surface area contributed by atoms with Gasteiger partial charge < -0.3 is 19.5 Å². The van der Waals surface area contributed by atoms with Crippen LogP contribution in [0.15, 0.2) is 59.1 Å². The summed E-state index contributed by atoms with van der Waals surface area (Å²) < 4.78 is 10.5. The van der Waals surface area contributed by atoms with Gasteiger partial charge in [-0.15, -0.1) is 0 Å². The molecule has 6 heteroatoms. The molecule has 2 heterocycles. The Kier molecular flexibility index (Phi) is 5.28. The van der Waals surface area contributed by atoms with Crippen LogP contribution in [-0.2, 0) is 6.54 Å². The van der Waals surface area contributed by atoms with Crippen LogP contribution in [-0.4, -0.2) is 31.3 Å². The Morgan fingerprint density at radius 2 is 1.96 bits per heavy atom. The normalized spacial score (nSPS) is 13.5. The van der Waals surface area contributed by atoms with Crippen LogP contribution in [0.25, 0.3) is 11.3 Å². The molecule has 1 amide bonds. The maximum absolute atomic E-state index is 12.5. The minimum absolute atomic E-state index is 0.191. The molecule has 1 N–H and O–H groups in total. The van der Waals surface area contributed by atoms with E-state index in [0.29, 0.717) is 12.2 Å². The SMILES string of the molecule is COc1cccc(-c2cc(C(=O)NCc3ccccc3N3CCCC3)on2)c1. The molecule has 0 aliphatic carbocycles. The number of aromatic nitrogens is 1. The molecule has 1 aliphatic rings. The number of nitrogens with one attached hydrogen (secondary N) is 1. The molecule has 3 aromatic rings. The fourth-order valence-corrected chi connectivity index (χ4v) is 3.49. The van der Waals surface area contributed by atoms with Crippen molar-refractivity contribution in [3.05, 3.63) is 65.9 Å². The number of carbonyl (C=O) groups excluding carboxylic acids is 1. The van der Waals surface area contributed by atoms with E-state index in [1.807, 2.05) is 36.4 Å². The fraction of sp³-hybridized carbons (Fsp3) is 0.273. The molecule has 28 heavy (non-hydrogen) atoms. The van der Waals surface area contributed by atoms with Gasteiger partial charge in [0.1, 0.15) is 11.4 Å². The lowest BCUT2D eigenvalue weighted by atomic mass is 10.1. The van der Waals surface area contributed by atoms with E-state index in [2.05, 4.69) is 27.5 Å². The van der Waals surface area contributed by atoms with Gasteiger partial charge in [-0.25, -0.2) is 0 Å². The van der Waals surface area contributed by atoms with Gasteiger partial charge in [0.15, 0.2) is 0 Å². The van der Waals surface area contributed by atoms with Crippen LogP contribution >= 0.6 is 0 Å². The molecule has 2 aromatic carbocycles. The van der Waals surface area contributed by atoms with Gasteiger partial charge in [0.2, 0.25) is 5.76 Å². The van der Waals surface area contributed by atoms with Crippen molar-refractivity contribution >= 4 is 11.6 Å². The third-order valence-electron chi connectivity index (χ3n) is 4.98. The van der Waals surface area contributed by atoms with Crippen LogP contribution in [0.2, 0.25) is 0 Å². The van der Waals surface area contributed by atoms with E-state index in [4.69, 9.17) is 9.26 Å². The Morgan fingerprint density at radius 3 is 2.79 bits per heavy atom. The zero-order valence-electron chi connectivity index (χ0n) is 15.9. The lowest BCUT2D eigenvalue weighted by Crippen LogP contribution is -2.25. The monoisotopic (exact) mass is 377 g/mol. The molecule has 0 atom stereocenters. The Labute approximate surface area is 164 Å². The van der Waals surface area contributed by atoms with Crippen LogP contribution < -0.4 is 15.0 Å². The molecule has 1 saturated heterocycles. The van der Waals surface area contributed by atoms with E-state index >= 15 is 0 Å². The number of amides is 1. The summed E-state index contributed by atoms with van der Waals surface area (Å²) in [6.07, 6.45) is 2.43. The highest BCUT2D eigenvalue weighted by atomic mass is 16.5. The largest absolute Gasteiger partial charge is 0.497 e. The van der Waals surface area contributed by atoms with Crippen molar-refractivity contribution in [1.29, 1.82) is 0 Å². The van der Waals surface area contributed by atoms with Gasteiger partial charge in [0.25, 0.3) is 5.91 Å². The van der Waals surface area contributed by atoms with Crippen LogP contribution in [0, 0.1) is 0 Å². The first-order valence-corrected chi connectivity index (χ1v) is 9.47. The Bertz CT molecular complexity index is 961. The lowest BCUT2D eigenvalue weighted by Gasteiger charge is -2.21. The Hall–Kier alpha value is -3.28. The van der Waals surface area contributed by atoms with Crippen molar-refractivity contribution < 1.29 is 14.1 Å². The third-order valence-corrected chi connectivity index (χ3v) is 4.98. The van der Waals surface area contributed by atoms with Crippen molar-refractivity contribution in [1.82, 2.24) is 10.5 Å². The fourth-order valence-electron chi connectivity index (χ4n) is 3.49. The average molecular weight is 377 g/mol. The van der Waals surface area contributed by atoms with E-state index < -0.39 is 0 Å². The molecule has 0 spiro atoms. The zero-order valence-corrected chi connectivity index (χ0v) is 15.9. The van der Waals surface area contributed by atoms with Gasteiger partial charge in [-0.05, 0) is 36.6 Å². The highest BCUT2D eigenvalue weighted by Crippen LogP contribution is 2.25. The number of nitrogens with zero attached hydrogens (tertiary/aromatic N) is 2. The second-order valence-corrected chi connectivity index (χ2v) is 6.81. The van der Waals surface area contributed by atoms with Crippen LogP contribution in [0.3, 0.4) is 0 Å². The molecule has 1 aromatic heterocycles. The molecule has 1 fully saturated rings. The van der Waals surface area contributed by atoms with E-state index in [9.17, 15) is 4.79 Å². The van der Waals surface area contributed by atoms with Crippen LogP contribution in [0.5, 0.6) is 5.75 Å². The summed E-state index contributed by atoms with van der Waals surface area (Å²) in [5.41, 5.74) is 3.73. The first-order chi connectivity index (χ1) is 13.7. The second kappa shape index (κ2) is 8.17. The molecule has 0 radical (unpaired) electrons. The molecule has 0 bridgehead atoms. The van der Waals surface area contributed by atoms with Gasteiger partial charge in [0, 0.05) is 37.0 Å². The highest BCUT2D eigenvalue weighted by molar-refractivity contribution is 5.92. The summed E-state index contributed by atoms with van der Waals surface area (Å²) in [4.78, 5) is 14.9. The molecule has 0 saturated carbocycles. The summed E-state index contributed by atoms with van der Waals surface area (Å²) in [6.45, 7) is 2.58. The summed E-state index contributed by atoms with van der Waals surface area (Å²) in [6, 6.07) is 17.3. The number of hydrogen-bond donors (Lipinski definition) is 1.